The molecule has 0 aromatic heterocycles. The van der Waals surface area contributed by atoms with E-state index in [1.807, 2.05) is 0 Å². The SMILES string of the molecule is NC(=O)CCCNC(=O)CC1CCCCN1. The van der Waals surface area contributed by atoms with Gasteiger partial charge < -0.3 is 16.4 Å². The molecular formula is C11H21N3O2. The summed E-state index contributed by atoms with van der Waals surface area (Å²) in [5.41, 5.74) is 5.00. The van der Waals surface area contributed by atoms with Crippen LogP contribution in [0, 0.1) is 0 Å². The Kier molecular flexibility index (Phi) is 5.85. The molecule has 1 fully saturated rings. The fraction of sp³-hybridized carbons (Fsp3) is 0.818. The number of carbonyl (C=O) groups excluding carboxylic acids is 2. The van der Waals surface area contributed by atoms with Gasteiger partial charge in [0.05, 0.1) is 0 Å². The van der Waals surface area contributed by atoms with E-state index in [1.54, 1.807) is 0 Å². The number of hydrogen-bond acceptors (Lipinski definition) is 3. The van der Waals surface area contributed by atoms with E-state index in [-0.39, 0.29) is 11.8 Å². The lowest BCUT2D eigenvalue weighted by Gasteiger charge is -2.22. The molecule has 16 heavy (non-hydrogen) atoms. The lowest BCUT2D eigenvalue weighted by Crippen LogP contribution is -2.39. The van der Waals surface area contributed by atoms with Gasteiger partial charge in [-0.3, -0.25) is 9.59 Å². The van der Waals surface area contributed by atoms with E-state index in [2.05, 4.69) is 10.6 Å². The molecule has 1 aliphatic rings. The number of amides is 2. The second-order valence-corrected chi connectivity index (χ2v) is 4.27. The molecule has 4 N–H and O–H groups in total. The zero-order valence-electron chi connectivity index (χ0n) is 9.63. The standard InChI is InChI=1S/C11H21N3O2/c12-10(15)5-3-7-14-11(16)8-9-4-1-2-6-13-9/h9,13H,1-8H2,(H2,12,15)(H,14,16). The van der Waals surface area contributed by atoms with Crippen LogP contribution in [-0.4, -0.2) is 30.9 Å². The Morgan fingerprint density at radius 2 is 2.19 bits per heavy atom. The molecule has 1 saturated heterocycles. The first-order valence-electron chi connectivity index (χ1n) is 5.97. The van der Waals surface area contributed by atoms with Crippen LogP contribution in [0.15, 0.2) is 0 Å². The molecule has 0 spiro atoms. The van der Waals surface area contributed by atoms with Crippen LogP contribution in [0.3, 0.4) is 0 Å². The summed E-state index contributed by atoms with van der Waals surface area (Å²) in [7, 11) is 0. The van der Waals surface area contributed by atoms with E-state index in [9.17, 15) is 9.59 Å². The minimum atomic E-state index is -0.316. The number of piperidine rings is 1. The van der Waals surface area contributed by atoms with Gasteiger partial charge in [0.1, 0.15) is 0 Å². The van der Waals surface area contributed by atoms with Crippen LogP contribution >= 0.6 is 0 Å². The lowest BCUT2D eigenvalue weighted by molar-refractivity contribution is -0.122. The summed E-state index contributed by atoms with van der Waals surface area (Å²) >= 11 is 0. The first kappa shape index (κ1) is 13.0. The Bertz CT molecular complexity index is 237. The van der Waals surface area contributed by atoms with Crippen LogP contribution in [0.2, 0.25) is 0 Å². The van der Waals surface area contributed by atoms with Gasteiger partial charge in [0.15, 0.2) is 0 Å². The predicted molar refractivity (Wildman–Crippen MR) is 61.7 cm³/mol. The van der Waals surface area contributed by atoms with Crippen molar-refractivity contribution in [1.29, 1.82) is 0 Å². The number of rotatable bonds is 6. The normalized spacial score (nSPS) is 20.4. The highest BCUT2D eigenvalue weighted by atomic mass is 16.2. The second-order valence-electron chi connectivity index (χ2n) is 4.27. The molecule has 0 saturated carbocycles. The van der Waals surface area contributed by atoms with Gasteiger partial charge >= 0.3 is 0 Å². The van der Waals surface area contributed by atoms with Crippen LogP contribution < -0.4 is 16.4 Å². The minimum absolute atomic E-state index is 0.0591. The van der Waals surface area contributed by atoms with Gasteiger partial charge in [-0.25, -0.2) is 0 Å². The van der Waals surface area contributed by atoms with Crippen molar-refractivity contribution in [3.63, 3.8) is 0 Å². The molecule has 1 atom stereocenters. The summed E-state index contributed by atoms with van der Waals surface area (Å²) in [6, 6.07) is 0.324. The molecule has 1 rings (SSSR count). The maximum atomic E-state index is 11.5. The number of carbonyl (C=O) groups is 2. The molecule has 0 aromatic rings. The zero-order valence-corrected chi connectivity index (χ0v) is 9.63. The summed E-state index contributed by atoms with van der Waals surface area (Å²) in [5, 5.41) is 6.12. The van der Waals surface area contributed by atoms with Crippen LogP contribution in [0.4, 0.5) is 0 Å². The van der Waals surface area contributed by atoms with E-state index < -0.39 is 0 Å². The van der Waals surface area contributed by atoms with Gasteiger partial charge in [-0.05, 0) is 25.8 Å². The van der Waals surface area contributed by atoms with Crippen LogP contribution in [0.5, 0.6) is 0 Å². The summed E-state index contributed by atoms with van der Waals surface area (Å²) in [6.07, 6.45) is 4.98. The van der Waals surface area contributed by atoms with Gasteiger partial charge in [0, 0.05) is 25.4 Å². The van der Waals surface area contributed by atoms with E-state index in [0.717, 1.165) is 13.0 Å². The third-order valence-electron chi connectivity index (χ3n) is 2.77. The van der Waals surface area contributed by atoms with Crippen molar-refractivity contribution in [2.24, 2.45) is 5.73 Å². The van der Waals surface area contributed by atoms with Gasteiger partial charge in [0.25, 0.3) is 0 Å². The van der Waals surface area contributed by atoms with Crippen molar-refractivity contribution in [2.75, 3.05) is 13.1 Å². The average molecular weight is 227 g/mol. The molecular weight excluding hydrogens is 206 g/mol. The van der Waals surface area contributed by atoms with Crippen molar-refractivity contribution in [3.8, 4) is 0 Å². The molecule has 2 amide bonds. The van der Waals surface area contributed by atoms with E-state index in [4.69, 9.17) is 5.73 Å². The number of hydrogen-bond donors (Lipinski definition) is 3. The van der Waals surface area contributed by atoms with Crippen LogP contribution in [0.1, 0.15) is 38.5 Å². The van der Waals surface area contributed by atoms with Gasteiger partial charge in [-0.15, -0.1) is 0 Å². The van der Waals surface area contributed by atoms with Crippen molar-refractivity contribution in [3.05, 3.63) is 0 Å². The van der Waals surface area contributed by atoms with E-state index in [1.165, 1.54) is 12.8 Å². The van der Waals surface area contributed by atoms with E-state index in [0.29, 0.717) is 31.8 Å². The first-order valence-corrected chi connectivity index (χ1v) is 5.97. The number of primary amides is 1. The van der Waals surface area contributed by atoms with Crippen molar-refractivity contribution in [2.45, 2.75) is 44.6 Å². The second kappa shape index (κ2) is 7.22. The largest absolute Gasteiger partial charge is 0.370 e. The molecule has 0 aromatic carbocycles. The molecule has 1 heterocycles. The van der Waals surface area contributed by atoms with Crippen LogP contribution in [0.25, 0.3) is 0 Å². The Morgan fingerprint density at radius 1 is 1.38 bits per heavy atom. The monoisotopic (exact) mass is 227 g/mol. The summed E-state index contributed by atoms with van der Waals surface area (Å²) in [4.78, 5) is 21.9. The fourth-order valence-electron chi connectivity index (χ4n) is 1.88. The summed E-state index contributed by atoms with van der Waals surface area (Å²) in [6.45, 7) is 1.55. The molecule has 92 valence electrons. The Labute approximate surface area is 96.1 Å². The Balaban J connectivity index is 2.03. The maximum absolute atomic E-state index is 11.5. The molecule has 0 bridgehead atoms. The van der Waals surface area contributed by atoms with Crippen molar-refractivity contribution in [1.82, 2.24) is 10.6 Å². The molecule has 5 heteroatoms. The Morgan fingerprint density at radius 3 is 2.81 bits per heavy atom. The van der Waals surface area contributed by atoms with E-state index >= 15 is 0 Å². The van der Waals surface area contributed by atoms with Crippen molar-refractivity contribution < 1.29 is 9.59 Å². The topological polar surface area (TPSA) is 84.2 Å². The van der Waals surface area contributed by atoms with Crippen molar-refractivity contribution >= 4 is 11.8 Å². The quantitative estimate of drug-likeness (QED) is 0.554. The highest BCUT2D eigenvalue weighted by Gasteiger charge is 2.15. The third kappa shape index (κ3) is 5.70. The van der Waals surface area contributed by atoms with Gasteiger partial charge in [0.2, 0.25) is 11.8 Å². The lowest BCUT2D eigenvalue weighted by atomic mass is 10.0. The van der Waals surface area contributed by atoms with Gasteiger partial charge in [-0.2, -0.15) is 0 Å². The number of nitrogens with one attached hydrogen (secondary N) is 2. The average Bonchev–Trinajstić information content (AvgIpc) is 2.25. The summed E-state index contributed by atoms with van der Waals surface area (Å²) in [5.74, 6) is -0.257. The fourth-order valence-corrected chi connectivity index (χ4v) is 1.88. The van der Waals surface area contributed by atoms with Crippen LogP contribution in [-0.2, 0) is 9.59 Å². The zero-order chi connectivity index (χ0) is 11.8. The predicted octanol–water partition coefficient (Wildman–Crippen LogP) is -0.0997. The Hall–Kier alpha value is -1.10. The first-order chi connectivity index (χ1) is 7.68. The highest BCUT2D eigenvalue weighted by Crippen LogP contribution is 2.09. The van der Waals surface area contributed by atoms with Gasteiger partial charge in [-0.1, -0.05) is 6.42 Å². The summed E-state index contributed by atoms with van der Waals surface area (Å²) < 4.78 is 0. The molecule has 1 unspecified atom stereocenters. The molecule has 0 aliphatic carbocycles. The minimum Gasteiger partial charge on any atom is -0.370 e. The third-order valence-corrected chi connectivity index (χ3v) is 2.77. The smallest absolute Gasteiger partial charge is 0.221 e. The maximum Gasteiger partial charge on any atom is 0.221 e. The highest BCUT2D eigenvalue weighted by molar-refractivity contribution is 5.76. The molecule has 1 aliphatic heterocycles. The number of nitrogens with two attached hydrogens (primary N) is 1. The molecule has 5 nitrogen and oxygen atoms in total. The molecule has 0 radical (unpaired) electrons.